The van der Waals surface area contributed by atoms with Gasteiger partial charge in [0.2, 0.25) is 5.91 Å². The molecule has 4 nitrogen and oxygen atoms in total. The smallest absolute Gasteiger partial charge is 0.242 e. The van der Waals surface area contributed by atoms with Crippen molar-refractivity contribution >= 4 is 5.91 Å². The monoisotopic (exact) mass is 311 g/mol. The highest BCUT2D eigenvalue weighted by Crippen LogP contribution is 2.19. The molecule has 0 radical (unpaired) electrons. The Bertz CT molecular complexity index is 622. The number of hydrogen-bond donors (Lipinski definition) is 1. The molecule has 1 aromatic carbocycles. The minimum Gasteiger partial charge on any atom is -0.348 e. The molecule has 1 aliphatic rings. The summed E-state index contributed by atoms with van der Waals surface area (Å²) in [6.07, 6.45) is 9.24. The number of fused-ring (bicyclic) bond motifs is 1. The van der Waals surface area contributed by atoms with E-state index in [4.69, 9.17) is 0 Å². The molecule has 4 heteroatoms. The van der Waals surface area contributed by atoms with Gasteiger partial charge in [0.05, 0.1) is 11.7 Å². The minimum atomic E-state index is 0.0109. The average molecular weight is 311 g/mol. The van der Waals surface area contributed by atoms with Gasteiger partial charge in [0.1, 0.15) is 6.54 Å². The van der Waals surface area contributed by atoms with Crippen molar-refractivity contribution in [3.05, 3.63) is 53.3 Å². The van der Waals surface area contributed by atoms with Crippen molar-refractivity contribution in [2.24, 2.45) is 0 Å². The lowest BCUT2D eigenvalue weighted by Crippen LogP contribution is -2.30. The maximum Gasteiger partial charge on any atom is 0.242 e. The van der Waals surface area contributed by atoms with Gasteiger partial charge in [0, 0.05) is 6.20 Å². The van der Waals surface area contributed by atoms with Gasteiger partial charge >= 0.3 is 0 Å². The molecule has 1 aromatic heterocycles. The second kappa shape index (κ2) is 7.44. The van der Waals surface area contributed by atoms with Gasteiger partial charge in [-0.05, 0) is 43.7 Å². The van der Waals surface area contributed by atoms with Gasteiger partial charge in [-0.2, -0.15) is 5.10 Å². The van der Waals surface area contributed by atoms with Crippen LogP contribution in [0.2, 0.25) is 0 Å². The first-order chi connectivity index (χ1) is 11.2. The Morgan fingerprint density at radius 1 is 1.17 bits per heavy atom. The average Bonchev–Trinajstić information content (AvgIpc) is 2.89. The SMILES string of the molecule is CC(NC(=O)Cn1cc2c(n1)CCCCCC2)c1ccccc1. The van der Waals surface area contributed by atoms with Crippen LogP contribution in [-0.4, -0.2) is 15.7 Å². The summed E-state index contributed by atoms with van der Waals surface area (Å²) >= 11 is 0. The first kappa shape index (κ1) is 15.8. The molecule has 1 atom stereocenters. The Morgan fingerprint density at radius 3 is 2.70 bits per heavy atom. The molecular weight excluding hydrogens is 286 g/mol. The lowest BCUT2D eigenvalue weighted by atomic mass is 9.99. The predicted molar refractivity (Wildman–Crippen MR) is 91.1 cm³/mol. The van der Waals surface area contributed by atoms with Crippen molar-refractivity contribution in [2.75, 3.05) is 0 Å². The molecule has 1 heterocycles. The van der Waals surface area contributed by atoms with Crippen LogP contribution in [0.5, 0.6) is 0 Å². The molecule has 1 aliphatic carbocycles. The highest BCUT2D eigenvalue weighted by atomic mass is 16.2. The van der Waals surface area contributed by atoms with E-state index in [1.54, 1.807) is 0 Å². The van der Waals surface area contributed by atoms with E-state index in [2.05, 4.69) is 16.6 Å². The summed E-state index contributed by atoms with van der Waals surface area (Å²) in [6.45, 7) is 2.31. The Labute approximate surface area is 137 Å². The molecule has 0 saturated heterocycles. The summed E-state index contributed by atoms with van der Waals surface area (Å²) in [6, 6.07) is 10.0. The van der Waals surface area contributed by atoms with Gasteiger partial charge in [-0.15, -0.1) is 0 Å². The Kier molecular flexibility index (Phi) is 5.11. The minimum absolute atomic E-state index is 0.0109. The maximum atomic E-state index is 12.3. The van der Waals surface area contributed by atoms with E-state index in [9.17, 15) is 4.79 Å². The largest absolute Gasteiger partial charge is 0.348 e. The topological polar surface area (TPSA) is 46.9 Å². The Balaban J connectivity index is 1.60. The van der Waals surface area contributed by atoms with Gasteiger partial charge in [-0.3, -0.25) is 9.48 Å². The van der Waals surface area contributed by atoms with Crippen LogP contribution < -0.4 is 5.32 Å². The molecule has 1 unspecified atom stereocenters. The zero-order valence-electron chi connectivity index (χ0n) is 13.8. The van der Waals surface area contributed by atoms with Crippen LogP contribution in [0.3, 0.4) is 0 Å². The molecule has 0 aliphatic heterocycles. The Hall–Kier alpha value is -2.10. The van der Waals surface area contributed by atoms with Gasteiger partial charge in [-0.25, -0.2) is 0 Å². The maximum absolute atomic E-state index is 12.3. The van der Waals surface area contributed by atoms with Crippen molar-refractivity contribution in [3.8, 4) is 0 Å². The molecular formula is C19H25N3O. The number of nitrogens with zero attached hydrogens (tertiary/aromatic N) is 2. The first-order valence-electron chi connectivity index (χ1n) is 8.62. The van der Waals surface area contributed by atoms with Crippen LogP contribution in [0.15, 0.2) is 36.5 Å². The summed E-state index contributed by atoms with van der Waals surface area (Å²) in [5.74, 6) is 0.0109. The highest BCUT2D eigenvalue weighted by molar-refractivity contribution is 5.76. The molecule has 122 valence electrons. The number of aromatic nitrogens is 2. The van der Waals surface area contributed by atoms with Gasteiger partial charge in [0.15, 0.2) is 0 Å². The number of carbonyl (C=O) groups is 1. The van der Waals surface area contributed by atoms with E-state index in [0.29, 0.717) is 6.54 Å². The molecule has 0 saturated carbocycles. The van der Waals surface area contributed by atoms with E-state index >= 15 is 0 Å². The highest BCUT2D eigenvalue weighted by Gasteiger charge is 2.14. The summed E-state index contributed by atoms with van der Waals surface area (Å²) in [5, 5.41) is 7.68. The second-order valence-electron chi connectivity index (χ2n) is 6.41. The molecule has 1 N–H and O–H groups in total. The van der Waals surface area contributed by atoms with Crippen LogP contribution in [0.1, 0.15) is 55.5 Å². The molecule has 1 amide bonds. The summed E-state index contributed by atoms with van der Waals surface area (Å²) in [5.41, 5.74) is 3.64. The van der Waals surface area contributed by atoms with Crippen molar-refractivity contribution in [3.63, 3.8) is 0 Å². The number of nitrogens with one attached hydrogen (secondary N) is 1. The first-order valence-corrected chi connectivity index (χ1v) is 8.62. The number of carbonyl (C=O) groups excluding carboxylic acids is 1. The fourth-order valence-corrected chi connectivity index (χ4v) is 3.22. The quantitative estimate of drug-likeness (QED) is 0.940. The summed E-state index contributed by atoms with van der Waals surface area (Å²) in [4.78, 5) is 12.3. The van der Waals surface area contributed by atoms with E-state index < -0.39 is 0 Å². The van der Waals surface area contributed by atoms with Crippen molar-refractivity contribution in [2.45, 2.75) is 58.0 Å². The van der Waals surface area contributed by atoms with Gasteiger partial charge in [0.25, 0.3) is 0 Å². The number of benzene rings is 1. The molecule has 2 aromatic rings. The zero-order chi connectivity index (χ0) is 16.1. The normalized spacial score (nSPS) is 16.0. The Morgan fingerprint density at radius 2 is 1.91 bits per heavy atom. The number of amides is 1. The third-order valence-electron chi connectivity index (χ3n) is 4.52. The number of aryl methyl sites for hydroxylation is 2. The summed E-state index contributed by atoms with van der Waals surface area (Å²) < 4.78 is 1.81. The van der Waals surface area contributed by atoms with Crippen molar-refractivity contribution in [1.29, 1.82) is 0 Å². The molecule has 0 fully saturated rings. The number of hydrogen-bond acceptors (Lipinski definition) is 2. The van der Waals surface area contributed by atoms with E-state index in [-0.39, 0.29) is 11.9 Å². The lowest BCUT2D eigenvalue weighted by molar-refractivity contribution is -0.122. The van der Waals surface area contributed by atoms with E-state index in [1.165, 1.54) is 36.9 Å². The third kappa shape index (κ3) is 4.21. The van der Waals surface area contributed by atoms with E-state index in [0.717, 1.165) is 18.4 Å². The third-order valence-corrected chi connectivity index (χ3v) is 4.52. The van der Waals surface area contributed by atoms with Crippen LogP contribution in [0.25, 0.3) is 0 Å². The predicted octanol–water partition coefficient (Wildman–Crippen LogP) is 3.42. The van der Waals surface area contributed by atoms with Crippen molar-refractivity contribution < 1.29 is 4.79 Å². The molecule has 0 bridgehead atoms. The van der Waals surface area contributed by atoms with Crippen LogP contribution in [0, 0.1) is 0 Å². The fraction of sp³-hybridized carbons (Fsp3) is 0.474. The zero-order valence-corrected chi connectivity index (χ0v) is 13.8. The van der Waals surface area contributed by atoms with Crippen molar-refractivity contribution in [1.82, 2.24) is 15.1 Å². The fourth-order valence-electron chi connectivity index (χ4n) is 3.22. The lowest BCUT2D eigenvalue weighted by Gasteiger charge is -2.14. The van der Waals surface area contributed by atoms with Crippen LogP contribution in [0.4, 0.5) is 0 Å². The second-order valence-corrected chi connectivity index (χ2v) is 6.41. The van der Waals surface area contributed by atoms with E-state index in [1.807, 2.05) is 41.9 Å². The molecule has 23 heavy (non-hydrogen) atoms. The molecule has 3 rings (SSSR count). The summed E-state index contributed by atoms with van der Waals surface area (Å²) in [7, 11) is 0. The van der Waals surface area contributed by atoms with Crippen LogP contribution in [-0.2, 0) is 24.2 Å². The standard InChI is InChI=1S/C19H25N3O/c1-15(16-9-6-4-7-10-16)20-19(23)14-22-13-17-11-5-2-3-8-12-18(17)21-22/h4,6-7,9-10,13,15H,2-3,5,8,11-12,14H2,1H3,(H,20,23). The van der Waals surface area contributed by atoms with Crippen LogP contribution >= 0.6 is 0 Å². The van der Waals surface area contributed by atoms with Gasteiger partial charge < -0.3 is 5.32 Å². The number of rotatable bonds is 4. The molecule has 0 spiro atoms. The van der Waals surface area contributed by atoms with Gasteiger partial charge in [-0.1, -0.05) is 43.2 Å².